The first-order valence-corrected chi connectivity index (χ1v) is 9.27. The quantitative estimate of drug-likeness (QED) is 0.679. The molecule has 0 aliphatic rings. The van der Waals surface area contributed by atoms with Crippen molar-refractivity contribution in [3.63, 3.8) is 0 Å². The van der Waals surface area contributed by atoms with E-state index in [-0.39, 0.29) is 12.2 Å². The summed E-state index contributed by atoms with van der Waals surface area (Å²) in [6.45, 7) is 5.67. The Labute approximate surface area is 164 Å². The first kappa shape index (κ1) is 21.4. The molecule has 0 bridgehead atoms. The van der Waals surface area contributed by atoms with Crippen molar-refractivity contribution in [2.75, 3.05) is 12.4 Å². The highest BCUT2D eigenvalue weighted by atomic mass is 19.1. The highest BCUT2D eigenvalue weighted by Gasteiger charge is 2.20. The molecule has 28 heavy (non-hydrogen) atoms. The summed E-state index contributed by atoms with van der Waals surface area (Å²) in [5.41, 5.74) is 2.19. The van der Waals surface area contributed by atoms with Crippen LogP contribution in [0.1, 0.15) is 44.2 Å². The van der Waals surface area contributed by atoms with E-state index < -0.39 is 23.8 Å². The molecule has 6 heteroatoms. The second kappa shape index (κ2) is 9.88. The molecule has 1 amide bonds. The van der Waals surface area contributed by atoms with Crippen LogP contribution < -0.4 is 10.1 Å². The van der Waals surface area contributed by atoms with Crippen LogP contribution in [0.3, 0.4) is 0 Å². The van der Waals surface area contributed by atoms with Gasteiger partial charge in [0.05, 0.1) is 13.5 Å². The number of methoxy groups -OCH3 is 1. The van der Waals surface area contributed by atoms with E-state index >= 15 is 0 Å². The lowest BCUT2D eigenvalue weighted by Crippen LogP contribution is -2.30. The fourth-order valence-corrected chi connectivity index (χ4v) is 2.77. The maximum absolute atomic E-state index is 13.7. The number of carbonyl (C=O) groups excluding carboxylic acids is 2. The molecule has 2 atom stereocenters. The van der Waals surface area contributed by atoms with E-state index in [4.69, 9.17) is 9.47 Å². The molecule has 0 fully saturated rings. The number of rotatable bonds is 8. The van der Waals surface area contributed by atoms with Gasteiger partial charge in [-0.2, -0.15) is 0 Å². The molecule has 0 radical (unpaired) electrons. The summed E-state index contributed by atoms with van der Waals surface area (Å²) >= 11 is 0. The molecule has 5 nitrogen and oxygen atoms in total. The maximum Gasteiger partial charge on any atom is 0.311 e. The van der Waals surface area contributed by atoms with Gasteiger partial charge in [0.2, 0.25) is 0 Å². The summed E-state index contributed by atoms with van der Waals surface area (Å²) < 4.78 is 23.8. The minimum atomic E-state index is -0.972. The first-order chi connectivity index (χ1) is 13.3. The summed E-state index contributed by atoms with van der Waals surface area (Å²) in [7, 11) is 1.37. The fourth-order valence-electron chi connectivity index (χ4n) is 2.77. The molecule has 0 aliphatic carbocycles. The van der Waals surface area contributed by atoms with Crippen molar-refractivity contribution in [3.05, 3.63) is 59.4 Å². The van der Waals surface area contributed by atoms with Gasteiger partial charge in [-0.1, -0.05) is 38.1 Å². The van der Waals surface area contributed by atoms with Gasteiger partial charge in [0.25, 0.3) is 5.91 Å². The van der Waals surface area contributed by atoms with Crippen molar-refractivity contribution in [2.45, 2.75) is 45.6 Å². The molecule has 2 rings (SSSR count). The molecule has 0 unspecified atom stereocenters. The molecule has 0 aromatic heterocycles. The number of esters is 1. The topological polar surface area (TPSA) is 64.6 Å². The summed E-state index contributed by atoms with van der Waals surface area (Å²) in [6.07, 6.45) is -0.168. The third kappa shape index (κ3) is 5.55. The average Bonchev–Trinajstić information content (AvgIpc) is 2.67. The van der Waals surface area contributed by atoms with Crippen LogP contribution in [0.4, 0.5) is 10.1 Å². The molecule has 1 N–H and O–H groups in total. The second-order valence-corrected chi connectivity index (χ2v) is 6.66. The number of hydrogen-bond acceptors (Lipinski definition) is 4. The SMILES string of the molecule is CC[C@@H](C)c1ccccc1NC(=O)[C@H](C)OC(=O)Cc1ccc(OC)c(F)c1. The number of anilines is 1. The zero-order valence-corrected chi connectivity index (χ0v) is 16.6. The monoisotopic (exact) mass is 387 g/mol. The molecule has 0 saturated heterocycles. The average molecular weight is 387 g/mol. The standard InChI is InChI=1S/C22H26FNO4/c1-5-14(2)17-8-6-7-9-19(17)24-22(26)15(3)28-21(25)13-16-10-11-20(27-4)18(23)12-16/h6-12,14-15H,5,13H2,1-4H3,(H,24,26)/t14-,15+/m1/s1. The second-order valence-electron chi connectivity index (χ2n) is 6.66. The number of ether oxygens (including phenoxy) is 2. The van der Waals surface area contributed by atoms with E-state index in [2.05, 4.69) is 19.2 Å². The van der Waals surface area contributed by atoms with Gasteiger partial charge in [-0.25, -0.2) is 4.39 Å². The minimum Gasteiger partial charge on any atom is -0.494 e. The Morgan fingerprint density at radius 3 is 2.50 bits per heavy atom. The number of amides is 1. The molecule has 0 heterocycles. The number of benzene rings is 2. The predicted octanol–water partition coefficient (Wildman–Crippen LogP) is 4.46. The van der Waals surface area contributed by atoms with Crippen LogP contribution in [-0.4, -0.2) is 25.1 Å². The van der Waals surface area contributed by atoms with Crippen LogP contribution in [0.25, 0.3) is 0 Å². The van der Waals surface area contributed by atoms with Crippen molar-refractivity contribution in [2.24, 2.45) is 0 Å². The highest BCUT2D eigenvalue weighted by Crippen LogP contribution is 2.26. The van der Waals surface area contributed by atoms with Gasteiger partial charge in [-0.05, 0) is 48.6 Å². The van der Waals surface area contributed by atoms with Crippen LogP contribution in [0.2, 0.25) is 0 Å². The zero-order valence-electron chi connectivity index (χ0n) is 16.6. The van der Waals surface area contributed by atoms with Gasteiger partial charge in [-0.15, -0.1) is 0 Å². The van der Waals surface area contributed by atoms with Crippen molar-refractivity contribution < 1.29 is 23.5 Å². The number of nitrogens with one attached hydrogen (secondary N) is 1. The normalized spacial score (nSPS) is 12.8. The van der Waals surface area contributed by atoms with Crippen molar-refractivity contribution in [1.29, 1.82) is 0 Å². The molecule has 0 spiro atoms. The van der Waals surface area contributed by atoms with E-state index in [1.165, 1.54) is 26.2 Å². The van der Waals surface area contributed by atoms with E-state index in [9.17, 15) is 14.0 Å². The van der Waals surface area contributed by atoms with Crippen LogP contribution in [0, 0.1) is 5.82 Å². The van der Waals surface area contributed by atoms with Gasteiger partial charge in [-0.3, -0.25) is 9.59 Å². The Morgan fingerprint density at radius 1 is 1.14 bits per heavy atom. The van der Waals surface area contributed by atoms with Crippen molar-refractivity contribution in [1.82, 2.24) is 0 Å². The van der Waals surface area contributed by atoms with Gasteiger partial charge < -0.3 is 14.8 Å². The molecule has 150 valence electrons. The lowest BCUT2D eigenvalue weighted by atomic mass is 9.97. The smallest absolute Gasteiger partial charge is 0.311 e. The van der Waals surface area contributed by atoms with Crippen LogP contribution in [0.15, 0.2) is 42.5 Å². The molecular formula is C22H26FNO4. The Kier molecular flexibility index (Phi) is 7.55. The molecule has 0 saturated carbocycles. The molecular weight excluding hydrogens is 361 g/mol. The number of carbonyl (C=O) groups is 2. The van der Waals surface area contributed by atoms with Crippen LogP contribution in [-0.2, 0) is 20.7 Å². The molecule has 2 aromatic rings. The van der Waals surface area contributed by atoms with Gasteiger partial charge in [0.1, 0.15) is 0 Å². The van der Waals surface area contributed by atoms with Gasteiger partial charge in [0, 0.05) is 5.69 Å². The fraction of sp³-hybridized carbons (Fsp3) is 0.364. The van der Waals surface area contributed by atoms with E-state index in [0.29, 0.717) is 17.2 Å². The van der Waals surface area contributed by atoms with Crippen molar-refractivity contribution in [3.8, 4) is 5.75 Å². The zero-order chi connectivity index (χ0) is 20.7. The third-order valence-corrected chi connectivity index (χ3v) is 4.60. The minimum absolute atomic E-state index is 0.102. The third-order valence-electron chi connectivity index (χ3n) is 4.60. The Hall–Kier alpha value is -2.89. The van der Waals surface area contributed by atoms with Gasteiger partial charge in [0.15, 0.2) is 17.7 Å². The molecule has 0 aliphatic heterocycles. The van der Waals surface area contributed by atoms with Crippen molar-refractivity contribution >= 4 is 17.6 Å². The largest absolute Gasteiger partial charge is 0.494 e. The Bertz CT molecular complexity index is 837. The summed E-state index contributed by atoms with van der Waals surface area (Å²) in [5, 5.41) is 2.83. The van der Waals surface area contributed by atoms with Gasteiger partial charge >= 0.3 is 5.97 Å². The number of hydrogen-bond donors (Lipinski definition) is 1. The number of para-hydroxylation sites is 1. The summed E-state index contributed by atoms with van der Waals surface area (Å²) in [6, 6.07) is 11.8. The van der Waals surface area contributed by atoms with Crippen LogP contribution in [0.5, 0.6) is 5.75 Å². The van der Waals surface area contributed by atoms with E-state index in [1.54, 1.807) is 6.07 Å². The maximum atomic E-state index is 13.7. The predicted molar refractivity (Wildman–Crippen MR) is 106 cm³/mol. The first-order valence-electron chi connectivity index (χ1n) is 9.27. The summed E-state index contributed by atoms with van der Waals surface area (Å²) in [4.78, 5) is 24.5. The molecule has 2 aromatic carbocycles. The van der Waals surface area contributed by atoms with Crippen LogP contribution >= 0.6 is 0 Å². The summed E-state index contributed by atoms with van der Waals surface area (Å²) in [5.74, 6) is -1.18. The Balaban J connectivity index is 1.97. The Morgan fingerprint density at radius 2 is 1.86 bits per heavy atom. The van der Waals surface area contributed by atoms with E-state index in [0.717, 1.165) is 12.0 Å². The lowest BCUT2D eigenvalue weighted by Gasteiger charge is -2.18. The lowest BCUT2D eigenvalue weighted by molar-refractivity contribution is -0.152. The number of halogens is 1. The highest BCUT2D eigenvalue weighted by molar-refractivity contribution is 5.95. The van der Waals surface area contributed by atoms with E-state index in [1.807, 2.05) is 24.3 Å².